The molecule has 1 aromatic carbocycles. The molecule has 0 amide bonds. The summed E-state index contributed by atoms with van der Waals surface area (Å²) in [6, 6.07) is 5.05. The standard InChI is InChI=1S/C13H13IN2O3/c1-13(2,3)19-12(18)16-10-5-4-8(7-17)6-9(10)11(14)15-16/h4-7H,1-3H3. The van der Waals surface area contributed by atoms with Gasteiger partial charge in [-0.2, -0.15) is 9.78 Å². The van der Waals surface area contributed by atoms with Gasteiger partial charge in [-0.05, 0) is 61.6 Å². The van der Waals surface area contributed by atoms with Crippen molar-refractivity contribution >= 4 is 45.9 Å². The first kappa shape index (κ1) is 14.0. The van der Waals surface area contributed by atoms with Crippen molar-refractivity contribution < 1.29 is 14.3 Å². The molecule has 0 fully saturated rings. The van der Waals surface area contributed by atoms with Crippen molar-refractivity contribution in [3.8, 4) is 0 Å². The fourth-order valence-electron chi connectivity index (χ4n) is 1.62. The highest BCUT2D eigenvalue weighted by Gasteiger charge is 2.21. The number of rotatable bonds is 1. The van der Waals surface area contributed by atoms with Gasteiger partial charge in [0, 0.05) is 10.9 Å². The summed E-state index contributed by atoms with van der Waals surface area (Å²) in [6.45, 7) is 5.39. The van der Waals surface area contributed by atoms with Gasteiger partial charge >= 0.3 is 6.09 Å². The zero-order chi connectivity index (χ0) is 14.2. The molecule has 5 nitrogen and oxygen atoms in total. The molecule has 0 radical (unpaired) electrons. The minimum atomic E-state index is -0.580. The molecular formula is C13H13IN2O3. The van der Waals surface area contributed by atoms with Crippen LogP contribution in [0.2, 0.25) is 0 Å². The molecule has 0 bridgehead atoms. The molecule has 0 aliphatic heterocycles. The summed E-state index contributed by atoms with van der Waals surface area (Å²) in [4.78, 5) is 22.8. The Balaban J connectivity index is 2.51. The Morgan fingerprint density at radius 3 is 2.68 bits per heavy atom. The lowest BCUT2D eigenvalue weighted by Gasteiger charge is -2.19. The van der Waals surface area contributed by atoms with E-state index in [2.05, 4.69) is 5.10 Å². The number of hydrogen-bond acceptors (Lipinski definition) is 4. The molecule has 0 aliphatic rings. The highest BCUT2D eigenvalue weighted by Crippen LogP contribution is 2.22. The maximum absolute atomic E-state index is 12.0. The molecule has 0 N–H and O–H groups in total. The summed E-state index contributed by atoms with van der Waals surface area (Å²) in [5, 5.41) is 4.92. The average Bonchev–Trinajstić information content (AvgIpc) is 2.64. The Morgan fingerprint density at radius 2 is 2.11 bits per heavy atom. The first-order valence-electron chi connectivity index (χ1n) is 5.68. The molecule has 0 saturated heterocycles. The Bertz CT molecular complexity index is 656. The predicted molar refractivity (Wildman–Crippen MR) is 79.5 cm³/mol. The van der Waals surface area contributed by atoms with E-state index in [4.69, 9.17) is 4.74 Å². The van der Waals surface area contributed by atoms with Crippen molar-refractivity contribution in [1.82, 2.24) is 9.78 Å². The zero-order valence-electron chi connectivity index (χ0n) is 10.8. The molecule has 6 heteroatoms. The van der Waals surface area contributed by atoms with E-state index in [-0.39, 0.29) is 0 Å². The van der Waals surface area contributed by atoms with Crippen LogP contribution in [0.25, 0.3) is 10.9 Å². The minimum Gasteiger partial charge on any atom is -0.442 e. The monoisotopic (exact) mass is 372 g/mol. The molecule has 0 unspecified atom stereocenters. The first-order valence-corrected chi connectivity index (χ1v) is 6.76. The summed E-state index contributed by atoms with van der Waals surface area (Å²) < 4.78 is 7.16. The highest BCUT2D eigenvalue weighted by molar-refractivity contribution is 14.1. The molecule has 0 atom stereocenters. The maximum Gasteiger partial charge on any atom is 0.435 e. The Kier molecular flexibility index (Phi) is 3.62. The first-order chi connectivity index (χ1) is 8.81. The van der Waals surface area contributed by atoms with Gasteiger partial charge < -0.3 is 4.74 Å². The van der Waals surface area contributed by atoms with E-state index in [1.807, 2.05) is 22.6 Å². The maximum atomic E-state index is 12.0. The van der Waals surface area contributed by atoms with Gasteiger partial charge in [-0.3, -0.25) is 4.79 Å². The number of carbonyl (C=O) groups is 2. The second kappa shape index (κ2) is 4.92. The molecule has 1 aromatic heterocycles. The minimum absolute atomic E-state index is 0.528. The lowest BCUT2D eigenvalue weighted by atomic mass is 10.2. The van der Waals surface area contributed by atoms with Gasteiger partial charge in [-0.15, -0.1) is 0 Å². The van der Waals surface area contributed by atoms with Gasteiger partial charge in [0.25, 0.3) is 0 Å². The van der Waals surface area contributed by atoms with Gasteiger partial charge in [0.2, 0.25) is 0 Å². The fourth-order valence-corrected chi connectivity index (χ4v) is 2.26. The second-order valence-electron chi connectivity index (χ2n) is 5.08. The van der Waals surface area contributed by atoms with Crippen molar-refractivity contribution in [2.24, 2.45) is 0 Å². The smallest absolute Gasteiger partial charge is 0.435 e. The van der Waals surface area contributed by atoms with Crippen LogP contribution in [-0.2, 0) is 4.74 Å². The molecule has 2 rings (SSSR count). The van der Waals surface area contributed by atoms with Crippen molar-refractivity contribution in [3.05, 3.63) is 27.5 Å². The number of carbonyl (C=O) groups excluding carboxylic acids is 2. The number of ether oxygens (including phenoxy) is 1. The molecular weight excluding hydrogens is 359 g/mol. The van der Waals surface area contributed by atoms with E-state index >= 15 is 0 Å². The van der Waals surface area contributed by atoms with Crippen LogP contribution in [0, 0.1) is 3.70 Å². The van der Waals surface area contributed by atoms with Gasteiger partial charge in [0.05, 0.1) is 5.52 Å². The van der Waals surface area contributed by atoms with Crippen molar-refractivity contribution in [2.75, 3.05) is 0 Å². The van der Waals surface area contributed by atoms with E-state index in [0.717, 1.165) is 11.7 Å². The van der Waals surface area contributed by atoms with Crippen LogP contribution in [0.5, 0.6) is 0 Å². The SMILES string of the molecule is CC(C)(C)OC(=O)n1nc(I)c2cc(C=O)ccc21. The second-order valence-corrected chi connectivity index (χ2v) is 6.10. The Hall–Kier alpha value is -1.44. The molecule has 0 saturated carbocycles. The molecule has 0 spiro atoms. The van der Waals surface area contributed by atoms with Crippen LogP contribution in [0.4, 0.5) is 4.79 Å². The van der Waals surface area contributed by atoms with Crippen LogP contribution in [0.3, 0.4) is 0 Å². The molecule has 2 aromatic rings. The van der Waals surface area contributed by atoms with E-state index in [1.54, 1.807) is 39.0 Å². The van der Waals surface area contributed by atoms with E-state index < -0.39 is 11.7 Å². The number of hydrogen-bond donors (Lipinski definition) is 0. The van der Waals surface area contributed by atoms with Gasteiger partial charge in [-0.25, -0.2) is 4.79 Å². The normalized spacial score (nSPS) is 11.6. The number of nitrogens with zero attached hydrogens (tertiary/aromatic N) is 2. The molecule has 19 heavy (non-hydrogen) atoms. The topological polar surface area (TPSA) is 61.2 Å². The predicted octanol–water partition coefficient (Wildman–Crippen LogP) is 3.24. The van der Waals surface area contributed by atoms with Crippen LogP contribution < -0.4 is 0 Å². The number of aromatic nitrogens is 2. The zero-order valence-corrected chi connectivity index (χ0v) is 13.0. The number of fused-ring (bicyclic) bond motifs is 1. The third-order valence-corrected chi connectivity index (χ3v) is 3.16. The van der Waals surface area contributed by atoms with Gasteiger partial charge in [0.15, 0.2) is 0 Å². The van der Waals surface area contributed by atoms with Crippen LogP contribution >= 0.6 is 22.6 Å². The van der Waals surface area contributed by atoms with Crippen molar-refractivity contribution in [2.45, 2.75) is 26.4 Å². The summed E-state index contributed by atoms with van der Waals surface area (Å²) in [5.41, 5.74) is 0.599. The third-order valence-electron chi connectivity index (χ3n) is 2.36. The lowest BCUT2D eigenvalue weighted by Crippen LogP contribution is -2.27. The number of aldehydes is 1. The summed E-state index contributed by atoms with van der Waals surface area (Å²) in [6.07, 6.45) is 0.236. The van der Waals surface area contributed by atoms with E-state index in [0.29, 0.717) is 14.8 Å². The van der Waals surface area contributed by atoms with Gasteiger partial charge in [0.1, 0.15) is 15.6 Å². The summed E-state index contributed by atoms with van der Waals surface area (Å²) in [7, 11) is 0. The quantitative estimate of drug-likeness (QED) is 0.570. The van der Waals surface area contributed by atoms with E-state index in [9.17, 15) is 9.59 Å². The van der Waals surface area contributed by atoms with Crippen molar-refractivity contribution in [3.63, 3.8) is 0 Å². The van der Waals surface area contributed by atoms with Crippen molar-refractivity contribution in [1.29, 1.82) is 0 Å². The average molecular weight is 372 g/mol. The molecule has 0 aliphatic carbocycles. The Morgan fingerprint density at radius 1 is 1.42 bits per heavy atom. The van der Waals surface area contributed by atoms with Crippen LogP contribution in [0.15, 0.2) is 18.2 Å². The summed E-state index contributed by atoms with van der Waals surface area (Å²) in [5.74, 6) is 0. The van der Waals surface area contributed by atoms with Crippen LogP contribution in [0.1, 0.15) is 31.1 Å². The van der Waals surface area contributed by atoms with E-state index in [1.165, 1.54) is 4.68 Å². The summed E-state index contributed by atoms with van der Waals surface area (Å²) >= 11 is 2.03. The fraction of sp³-hybridized carbons (Fsp3) is 0.308. The number of halogens is 1. The lowest BCUT2D eigenvalue weighted by molar-refractivity contribution is 0.0522. The molecule has 100 valence electrons. The highest BCUT2D eigenvalue weighted by atomic mass is 127. The Labute approximate surface area is 124 Å². The molecule has 1 heterocycles. The van der Waals surface area contributed by atoms with Crippen LogP contribution in [-0.4, -0.2) is 27.8 Å². The number of benzene rings is 1. The van der Waals surface area contributed by atoms with Gasteiger partial charge in [-0.1, -0.05) is 0 Å². The third kappa shape index (κ3) is 2.94. The largest absolute Gasteiger partial charge is 0.442 e.